The zero-order valence-electron chi connectivity index (χ0n) is 14.3. The van der Waals surface area contributed by atoms with Crippen molar-refractivity contribution in [1.82, 2.24) is 14.9 Å². The maximum Gasteiger partial charge on any atom is 0.223 e. The van der Waals surface area contributed by atoms with Crippen molar-refractivity contribution in [2.24, 2.45) is 13.0 Å². The van der Waals surface area contributed by atoms with Gasteiger partial charge in [-0.25, -0.2) is 4.98 Å². The van der Waals surface area contributed by atoms with Crippen LogP contribution in [0.5, 0.6) is 0 Å². The maximum atomic E-state index is 12.8. The second kappa shape index (κ2) is 7.62. The van der Waals surface area contributed by atoms with Crippen molar-refractivity contribution in [3.63, 3.8) is 0 Å². The summed E-state index contributed by atoms with van der Waals surface area (Å²) in [7, 11) is 3.70. The Morgan fingerprint density at radius 3 is 2.54 bits per heavy atom. The molecule has 0 aliphatic heterocycles. The summed E-state index contributed by atoms with van der Waals surface area (Å²) in [5.74, 6) is 1.02. The smallest absolute Gasteiger partial charge is 0.223 e. The number of rotatable bonds is 5. The van der Waals surface area contributed by atoms with Crippen molar-refractivity contribution in [2.45, 2.75) is 37.8 Å². The standard InChI is InChI=1S/C19H25N3O2/c1-22-13-12-20-18(22)17(14-6-4-3-5-7-14)21-19(23)15-8-10-16(24-2)11-9-15/h3-7,12-13,15-17H,8-11H2,1-2H3,(H,21,23). The van der Waals surface area contributed by atoms with E-state index >= 15 is 0 Å². The highest BCUT2D eigenvalue weighted by molar-refractivity contribution is 5.79. The summed E-state index contributed by atoms with van der Waals surface area (Å²) in [6.07, 6.45) is 7.63. The number of carbonyl (C=O) groups is 1. The molecule has 1 aromatic carbocycles. The lowest BCUT2D eigenvalue weighted by Crippen LogP contribution is -2.38. The van der Waals surface area contributed by atoms with Crippen molar-refractivity contribution < 1.29 is 9.53 Å². The van der Waals surface area contributed by atoms with E-state index in [4.69, 9.17) is 4.74 Å². The lowest BCUT2D eigenvalue weighted by Gasteiger charge is -2.28. The van der Waals surface area contributed by atoms with Gasteiger partial charge in [0.15, 0.2) is 0 Å². The van der Waals surface area contributed by atoms with Crippen molar-refractivity contribution in [2.75, 3.05) is 7.11 Å². The molecule has 3 rings (SSSR count). The Bertz CT molecular complexity index is 660. The van der Waals surface area contributed by atoms with Gasteiger partial charge in [-0.3, -0.25) is 4.79 Å². The van der Waals surface area contributed by atoms with E-state index in [1.807, 2.05) is 48.1 Å². The van der Waals surface area contributed by atoms with Gasteiger partial charge in [-0.1, -0.05) is 30.3 Å². The summed E-state index contributed by atoms with van der Waals surface area (Å²) < 4.78 is 7.36. The van der Waals surface area contributed by atoms with Gasteiger partial charge < -0.3 is 14.6 Å². The highest BCUT2D eigenvalue weighted by atomic mass is 16.5. The van der Waals surface area contributed by atoms with E-state index in [0.717, 1.165) is 37.1 Å². The van der Waals surface area contributed by atoms with E-state index in [0.29, 0.717) is 6.10 Å². The first kappa shape index (κ1) is 16.7. The van der Waals surface area contributed by atoms with E-state index in [1.165, 1.54) is 0 Å². The minimum atomic E-state index is -0.223. The first-order valence-corrected chi connectivity index (χ1v) is 8.54. The van der Waals surface area contributed by atoms with E-state index < -0.39 is 0 Å². The predicted octanol–water partition coefficient (Wildman–Crippen LogP) is 2.83. The van der Waals surface area contributed by atoms with Gasteiger partial charge >= 0.3 is 0 Å². The largest absolute Gasteiger partial charge is 0.381 e. The second-order valence-corrected chi connectivity index (χ2v) is 6.46. The Hall–Kier alpha value is -2.14. The minimum absolute atomic E-state index is 0.0582. The number of benzene rings is 1. The highest BCUT2D eigenvalue weighted by Gasteiger charge is 2.29. The first-order chi connectivity index (χ1) is 11.7. The first-order valence-electron chi connectivity index (χ1n) is 8.54. The van der Waals surface area contributed by atoms with E-state index in [-0.39, 0.29) is 17.9 Å². The highest BCUT2D eigenvalue weighted by Crippen LogP contribution is 2.28. The van der Waals surface area contributed by atoms with Crippen LogP contribution in [0.3, 0.4) is 0 Å². The number of hydrogen-bond donors (Lipinski definition) is 1. The summed E-state index contributed by atoms with van der Waals surface area (Å²) >= 11 is 0. The van der Waals surface area contributed by atoms with Crippen molar-refractivity contribution in [3.8, 4) is 0 Å². The Kier molecular flexibility index (Phi) is 5.30. The number of aromatic nitrogens is 2. The fraction of sp³-hybridized carbons (Fsp3) is 0.474. The van der Waals surface area contributed by atoms with Crippen LogP contribution in [0.1, 0.15) is 43.1 Å². The van der Waals surface area contributed by atoms with E-state index in [2.05, 4.69) is 10.3 Å². The molecular formula is C19H25N3O2. The van der Waals surface area contributed by atoms with Crippen LogP contribution in [0.2, 0.25) is 0 Å². The molecule has 1 amide bonds. The summed E-state index contributed by atoms with van der Waals surface area (Å²) in [5.41, 5.74) is 1.05. The Labute approximate surface area is 143 Å². The number of carbonyl (C=O) groups excluding carboxylic acids is 1. The van der Waals surface area contributed by atoms with Crippen LogP contribution >= 0.6 is 0 Å². The molecule has 0 spiro atoms. The summed E-state index contributed by atoms with van der Waals surface area (Å²) in [5, 5.41) is 3.22. The molecule has 24 heavy (non-hydrogen) atoms. The molecule has 1 aliphatic carbocycles. The summed E-state index contributed by atoms with van der Waals surface area (Å²) in [6.45, 7) is 0. The van der Waals surface area contributed by atoms with Gasteiger partial charge in [0.2, 0.25) is 5.91 Å². The monoisotopic (exact) mass is 327 g/mol. The molecule has 2 aromatic rings. The van der Waals surface area contributed by atoms with Crippen molar-refractivity contribution in [1.29, 1.82) is 0 Å². The fourth-order valence-electron chi connectivity index (χ4n) is 3.42. The maximum absolute atomic E-state index is 12.8. The van der Waals surface area contributed by atoms with E-state index in [9.17, 15) is 4.79 Å². The Balaban J connectivity index is 1.75. The topological polar surface area (TPSA) is 56.1 Å². The molecule has 0 saturated heterocycles. The third-order valence-electron chi connectivity index (χ3n) is 4.91. The fourth-order valence-corrected chi connectivity index (χ4v) is 3.42. The third kappa shape index (κ3) is 3.67. The number of amides is 1. The van der Waals surface area contributed by atoms with Crippen LogP contribution in [0, 0.1) is 5.92 Å². The lowest BCUT2D eigenvalue weighted by molar-refractivity contribution is -0.127. The molecule has 0 radical (unpaired) electrons. The van der Waals surface area contributed by atoms with Crippen LogP contribution in [-0.2, 0) is 16.6 Å². The Morgan fingerprint density at radius 1 is 1.25 bits per heavy atom. The lowest BCUT2D eigenvalue weighted by atomic mass is 9.86. The normalized spacial score (nSPS) is 22.1. The summed E-state index contributed by atoms with van der Waals surface area (Å²) in [4.78, 5) is 17.2. The number of nitrogens with one attached hydrogen (secondary N) is 1. The molecule has 1 aromatic heterocycles. The van der Waals surface area contributed by atoms with Crippen molar-refractivity contribution in [3.05, 3.63) is 54.1 Å². The number of hydrogen-bond acceptors (Lipinski definition) is 3. The quantitative estimate of drug-likeness (QED) is 0.919. The Morgan fingerprint density at radius 2 is 1.96 bits per heavy atom. The average Bonchev–Trinajstić information content (AvgIpc) is 3.06. The minimum Gasteiger partial charge on any atom is -0.381 e. The van der Waals surface area contributed by atoms with Gasteiger partial charge in [-0.2, -0.15) is 0 Å². The molecule has 5 nitrogen and oxygen atoms in total. The molecule has 1 heterocycles. The van der Waals surface area contributed by atoms with Crippen LogP contribution in [-0.4, -0.2) is 28.7 Å². The summed E-state index contributed by atoms with van der Waals surface area (Å²) in [6, 6.07) is 9.79. The zero-order chi connectivity index (χ0) is 16.9. The van der Waals surface area contributed by atoms with Gasteiger partial charge in [0, 0.05) is 32.5 Å². The number of methoxy groups -OCH3 is 1. The molecule has 0 bridgehead atoms. The average molecular weight is 327 g/mol. The van der Waals surface area contributed by atoms with Gasteiger partial charge in [0.1, 0.15) is 11.9 Å². The van der Waals surface area contributed by atoms with Crippen LogP contribution in [0.15, 0.2) is 42.7 Å². The number of ether oxygens (including phenoxy) is 1. The molecule has 5 heteroatoms. The van der Waals surface area contributed by atoms with Crippen LogP contribution in [0.4, 0.5) is 0 Å². The molecule has 128 valence electrons. The van der Waals surface area contributed by atoms with E-state index in [1.54, 1.807) is 13.3 Å². The molecule has 1 aliphatic rings. The van der Waals surface area contributed by atoms with Crippen LogP contribution in [0.25, 0.3) is 0 Å². The molecule has 1 atom stereocenters. The third-order valence-corrected chi connectivity index (χ3v) is 4.91. The predicted molar refractivity (Wildman–Crippen MR) is 92.4 cm³/mol. The zero-order valence-corrected chi connectivity index (χ0v) is 14.3. The van der Waals surface area contributed by atoms with Crippen LogP contribution < -0.4 is 5.32 Å². The molecule has 1 saturated carbocycles. The van der Waals surface area contributed by atoms with Gasteiger partial charge in [-0.05, 0) is 31.2 Å². The molecular weight excluding hydrogens is 302 g/mol. The number of imidazole rings is 1. The van der Waals surface area contributed by atoms with Crippen molar-refractivity contribution >= 4 is 5.91 Å². The van der Waals surface area contributed by atoms with Gasteiger partial charge in [-0.15, -0.1) is 0 Å². The molecule has 1 unspecified atom stereocenters. The molecule has 1 fully saturated rings. The van der Waals surface area contributed by atoms with Gasteiger partial charge in [0.25, 0.3) is 0 Å². The number of nitrogens with zero attached hydrogens (tertiary/aromatic N) is 2. The second-order valence-electron chi connectivity index (χ2n) is 6.46. The van der Waals surface area contributed by atoms with Gasteiger partial charge in [0.05, 0.1) is 6.10 Å². The SMILES string of the molecule is COC1CCC(C(=O)NC(c2ccccc2)c2nccn2C)CC1. The number of aryl methyl sites for hydroxylation is 1. The molecule has 1 N–H and O–H groups in total.